The number of aliphatic hydroxyl groups is 2. The largest absolute Gasteiger partial charge is 0.496 e. The molecule has 2 saturated heterocycles. The first-order chi connectivity index (χ1) is 21.4. The fourth-order valence-corrected chi connectivity index (χ4v) is 6.57. The number of carbonyl (C=O) groups excluding carboxylic acids is 2. The molecule has 11 heteroatoms. The van der Waals surface area contributed by atoms with Gasteiger partial charge >= 0.3 is 6.03 Å². The van der Waals surface area contributed by atoms with Crippen molar-refractivity contribution in [1.82, 2.24) is 10.2 Å². The zero-order valence-electron chi connectivity index (χ0n) is 26.0. The zero-order chi connectivity index (χ0) is 32.4. The third kappa shape index (κ3) is 6.34. The Labute approximate surface area is 262 Å². The quantitative estimate of drug-likeness (QED) is 0.254. The second-order valence-electron chi connectivity index (χ2n) is 12.1. The van der Waals surface area contributed by atoms with Crippen molar-refractivity contribution >= 4 is 11.9 Å². The summed E-state index contributed by atoms with van der Waals surface area (Å²) in [5.41, 5.74) is 6.19. The third-order valence-corrected chi connectivity index (χ3v) is 8.83. The maximum atomic E-state index is 13.4. The maximum absolute atomic E-state index is 13.4. The molecule has 0 aliphatic carbocycles. The van der Waals surface area contributed by atoms with E-state index in [0.29, 0.717) is 28.4 Å². The fourth-order valence-electron chi connectivity index (χ4n) is 6.57. The molecule has 0 saturated carbocycles. The number of ether oxygens (including phenoxy) is 4. The smallest absolute Gasteiger partial charge is 0.327 e. The van der Waals surface area contributed by atoms with E-state index in [2.05, 4.69) is 5.32 Å². The van der Waals surface area contributed by atoms with Crippen molar-refractivity contribution in [2.24, 2.45) is 11.1 Å². The van der Waals surface area contributed by atoms with Gasteiger partial charge in [-0.2, -0.15) is 0 Å². The highest BCUT2D eigenvalue weighted by Gasteiger charge is 2.61. The Hall–Kier alpha value is -4.16. The van der Waals surface area contributed by atoms with Crippen molar-refractivity contribution in [3.8, 4) is 17.2 Å². The summed E-state index contributed by atoms with van der Waals surface area (Å²) in [4.78, 5) is 27.9. The van der Waals surface area contributed by atoms with Crippen LogP contribution in [0.25, 0.3) is 0 Å². The SMILES string of the molecule is COc1ccccc1CC(O)[C@H]1O[C@@](N)(N2CC(C)(Cc3ccccc3OC)C(=O)NC2=O)C[C@@]1(O)Cc1ccccc1OC. The van der Waals surface area contributed by atoms with Gasteiger partial charge in [0.2, 0.25) is 11.8 Å². The van der Waals surface area contributed by atoms with Gasteiger partial charge in [-0.15, -0.1) is 0 Å². The Morgan fingerprint density at radius 1 is 0.889 bits per heavy atom. The molecule has 0 radical (unpaired) electrons. The highest BCUT2D eigenvalue weighted by Crippen LogP contribution is 2.45. The topological polar surface area (TPSA) is 153 Å². The molecule has 240 valence electrons. The van der Waals surface area contributed by atoms with Crippen LogP contribution < -0.4 is 25.3 Å². The number of nitrogens with one attached hydrogen (secondary N) is 1. The number of imide groups is 1. The molecule has 11 nitrogen and oxygen atoms in total. The number of methoxy groups -OCH3 is 3. The molecular formula is C34H41N3O8. The molecule has 0 aromatic heterocycles. The molecule has 3 aromatic carbocycles. The molecule has 2 fully saturated rings. The lowest BCUT2D eigenvalue weighted by atomic mass is 9.79. The number of hydrogen-bond donors (Lipinski definition) is 4. The number of carbonyl (C=O) groups is 2. The van der Waals surface area contributed by atoms with Crippen LogP contribution in [-0.4, -0.2) is 78.6 Å². The summed E-state index contributed by atoms with van der Waals surface area (Å²) in [5, 5.41) is 26.4. The minimum atomic E-state index is -1.88. The van der Waals surface area contributed by atoms with Crippen LogP contribution in [0.4, 0.5) is 4.79 Å². The first kappa shape index (κ1) is 32.2. The fraction of sp³-hybridized carbons (Fsp3) is 0.412. The number of para-hydroxylation sites is 3. The number of nitrogens with zero attached hydrogens (tertiary/aromatic N) is 1. The van der Waals surface area contributed by atoms with Crippen LogP contribution in [0.15, 0.2) is 72.8 Å². The van der Waals surface area contributed by atoms with Crippen LogP contribution >= 0.6 is 0 Å². The number of amides is 3. The Balaban J connectivity index is 1.49. The molecule has 3 amide bonds. The summed E-state index contributed by atoms with van der Waals surface area (Å²) in [5.74, 6) is -0.615. The third-order valence-electron chi connectivity index (χ3n) is 8.83. The number of urea groups is 1. The predicted molar refractivity (Wildman–Crippen MR) is 166 cm³/mol. The molecule has 5 N–H and O–H groups in total. The van der Waals surface area contributed by atoms with Crippen LogP contribution in [-0.2, 0) is 28.8 Å². The first-order valence-corrected chi connectivity index (χ1v) is 14.8. The van der Waals surface area contributed by atoms with Gasteiger partial charge in [0, 0.05) is 25.8 Å². The monoisotopic (exact) mass is 619 g/mol. The minimum Gasteiger partial charge on any atom is -0.496 e. The molecule has 2 aliphatic heterocycles. The summed E-state index contributed by atoms with van der Waals surface area (Å²) in [6.45, 7) is 1.63. The lowest BCUT2D eigenvalue weighted by Crippen LogP contribution is -2.69. The van der Waals surface area contributed by atoms with Gasteiger partial charge in [0.05, 0.1) is 32.8 Å². The average molecular weight is 620 g/mol. The van der Waals surface area contributed by atoms with Crippen molar-refractivity contribution < 1.29 is 38.7 Å². The molecule has 5 rings (SSSR count). The van der Waals surface area contributed by atoms with Crippen molar-refractivity contribution in [3.63, 3.8) is 0 Å². The summed E-state index contributed by atoms with van der Waals surface area (Å²) in [6, 6.07) is 21.1. The van der Waals surface area contributed by atoms with Gasteiger partial charge < -0.3 is 29.2 Å². The van der Waals surface area contributed by atoms with E-state index in [0.717, 1.165) is 5.56 Å². The number of benzene rings is 3. The molecule has 2 aliphatic rings. The van der Waals surface area contributed by atoms with Gasteiger partial charge in [0.1, 0.15) is 29.0 Å². The van der Waals surface area contributed by atoms with Gasteiger partial charge in [-0.1, -0.05) is 54.6 Å². The van der Waals surface area contributed by atoms with Gasteiger partial charge in [-0.05, 0) is 48.2 Å². The van der Waals surface area contributed by atoms with E-state index in [1.165, 1.54) is 12.0 Å². The van der Waals surface area contributed by atoms with E-state index in [1.807, 2.05) is 54.6 Å². The molecule has 0 bridgehead atoms. The van der Waals surface area contributed by atoms with Crippen LogP contribution in [0.5, 0.6) is 17.2 Å². The molecule has 5 atom stereocenters. The molecule has 2 heterocycles. The van der Waals surface area contributed by atoms with Gasteiger partial charge in [-0.3, -0.25) is 20.7 Å². The molecule has 3 aromatic rings. The van der Waals surface area contributed by atoms with Crippen molar-refractivity contribution in [2.75, 3.05) is 27.9 Å². The number of hydrogen-bond acceptors (Lipinski definition) is 9. The van der Waals surface area contributed by atoms with Gasteiger partial charge in [-0.25, -0.2) is 4.79 Å². The minimum absolute atomic E-state index is 0.0104. The predicted octanol–water partition coefficient (Wildman–Crippen LogP) is 2.79. The molecule has 2 unspecified atom stereocenters. The van der Waals surface area contributed by atoms with Crippen LogP contribution in [0.1, 0.15) is 30.0 Å². The van der Waals surface area contributed by atoms with Crippen LogP contribution in [0.3, 0.4) is 0 Å². The lowest BCUT2D eigenvalue weighted by molar-refractivity contribution is -0.174. The summed E-state index contributed by atoms with van der Waals surface area (Å²) < 4.78 is 22.9. The highest BCUT2D eigenvalue weighted by atomic mass is 16.6. The van der Waals surface area contributed by atoms with Gasteiger partial charge in [0.25, 0.3) is 0 Å². The summed E-state index contributed by atoms with van der Waals surface area (Å²) in [7, 11) is 4.63. The number of rotatable bonds is 11. The van der Waals surface area contributed by atoms with Crippen molar-refractivity contribution in [3.05, 3.63) is 89.5 Å². The Morgan fingerprint density at radius 3 is 1.93 bits per heavy atom. The Morgan fingerprint density at radius 2 is 1.38 bits per heavy atom. The Kier molecular flexibility index (Phi) is 9.09. The second-order valence-corrected chi connectivity index (χ2v) is 12.1. The summed E-state index contributed by atoms with van der Waals surface area (Å²) in [6.07, 6.45) is -2.40. The van der Waals surface area contributed by atoms with Crippen molar-refractivity contribution in [1.29, 1.82) is 0 Å². The second kappa shape index (κ2) is 12.7. The van der Waals surface area contributed by atoms with E-state index in [4.69, 9.17) is 24.7 Å². The van der Waals surface area contributed by atoms with E-state index in [-0.39, 0.29) is 32.2 Å². The molecule has 45 heavy (non-hydrogen) atoms. The normalized spacial score (nSPS) is 27.2. The molecular weight excluding hydrogens is 578 g/mol. The first-order valence-electron chi connectivity index (χ1n) is 14.8. The van der Waals surface area contributed by atoms with Gasteiger partial charge in [0.15, 0.2) is 0 Å². The average Bonchev–Trinajstić information content (AvgIpc) is 3.30. The molecule has 0 spiro atoms. The number of nitrogens with two attached hydrogens (primary N) is 1. The van der Waals surface area contributed by atoms with Crippen LogP contribution in [0.2, 0.25) is 0 Å². The van der Waals surface area contributed by atoms with E-state index in [9.17, 15) is 19.8 Å². The van der Waals surface area contributed by atoms with E-state index < -0.39 is 41.0 Å². The zero-order valence-corrected chi connectivity index (χ0v) is 26.0. The summed E-state index contributed by atoms with van der Waals surface area (Å²) >= 11 is 0. The maximum Gasteiger partial charge on any atom is 0.327 e. The van der Waals surface area contributed by atoms with E-state index in [1.54, 1.807) is 39.3 Å². The standard InChI is InChI=1S/C34H41N3O8/c1-32(18-23-12-6-9-15-27(23)43-3)21-37(31(40)36-30(32)39)34(35)20-33(41,19-24-13-7-10-16-28(24)44-4)29(45-34)25(38)17-22-11-5-8-14-26(22)42-2/h5-16,25,29,38,41H,17-21,35H2,1-4H3,(H,36,39,40)/t25?,29-,32?,33+,34+/m1/s1. The van der Waals surface area contributed by atoms with Crippen LogP contribution in [0, 0.1) is 5.41 Å². The lowest BCUT2D eigenvalue weighted by Gasteiger charge is -2.45. The Bertz CT molecular complexity index is 1550. The highest BCUT2D eigenvalue weighted by molar-refractivity contribution is 6.00. The number of aliphatic hydroxyl groups excluding tert-OH is 1. The van der Waals surface area contributed by atoms with Crippen molar-refractivity contribution in [2.45, 2.75) is 56.3 Å². The van der Waals surface area contributed by atoms with E-state index >= 15 is 0 Å².